The number of aromatic nitrogens is 4. The van der Waals surface area contributed by atoms with Crippen molar-refractivity contribution in [2.24, 2.45) is 0 Å². The Balaban J connectivity index is 0.00000156. The fourth-order valence-corrected chi connectivity index (χ4v) is 2.62. The molecule has 3 aromatic rings. The summed E-state index contributed by atoms with van der Waals surface area (Å²) < 4.78 is 8.77. The Kier molecular flexibility index (Phi) is 4.54. The maximum Gasteiger partial charge on any atom is 1.00 e. The van der Waals surface area contributed by atoms with Crippen molar-refractivity contribution < 1.29 is 44.2 Å². The van der Waals surface area contributed by atoms with Crippen molar-refractivity contribution in [2.75, 3.05) is 13.2 Å². The van der Waals surface area contributed by atoms with Gasteiger partial charge in [-0.05, 0) is 6.07 Å². The number of imidazole rings is 1. The van der Waals surface area contributed by atoms with Gasteiger partial charge in [0, 0.05) is 35.6 Å². The number of pyridine rings is 1. The van der Waals surface area contributed by atoms with Gasteiger partial charge >= 0.3 is 29.6 Å². The minimum atomic E-state index is -1.23. The largest absolute Gasteiger partial charge is 1.00 e. The van der Waals surface area contributed by atoms with E-state index in [9.17, 15) is 9.90 Å². The van der Waals surface area contributed by atoms with Crippen LogP contribution in [-0.4, -0.2) is 38.3 Å². The maximum absolute atomic E-state index is 10.8. The van der Waals surface area contributed by atoms with E-state index < -0.39 is 5.97 Å². The Morgan fingerprint density at radius 1 is 1.39 bits per heavy atom. The number of carboxylic acid groups (broad SMARTS) is 1. The van der Waals surface area contributed by atoms with Gasteiger partial charge in [0.25, 0.3) is 0 Å². The molecule has 0 amide bonds. The van der Waals surface area contributed by atoms with Gasteiger partial charge in [0.05, 0.1) is 37.6 Å². The van der Waals surface area contributed by atoms with Crippen molar-refractivity contribution in [3.8, 4) is 0 Å². The van der Waals surface area contributed by atoms with Gasteiger partial charge in [-0.2, -0.15) is 5.10 Å². The van der Waals surface area contributed by atoms with Gasteiger partial charge in [-0.15, -0.1) is 0 Å². The summed E-state index contributed by atoms with van der Waals surface area (Å²) in [5, 5.41) is 14.8. The van der Waals surface area contributed by atoms with Gasteiger partial charge in [-0.25, -0.2) is 4.98 Å². The predicted octanol–water partition coefficient (Wildman–Crippen LogP) is -2.94. The number of hydrogen-bond donors (Lipinski definition) is 0. The molecule has 0 spiro atoms. The summed E-state index contributed by atoms with van der Waals surface area (Å²) in [4.78, 5) is 15.4. The topological polar surface area (TPSA) is 84.5 Å². The Bertz CT molecular complexity index is 853. The second-order valence-electron chi connectivity index (χ2n) is 5.38. The van der Waals surface area contributed by atoms with E-state index in [0.29, 0.717) is 12.5 Å². The van der Waals surface area contributed by atoms with Crippen LogP contribution in [-0.2, 0) is 11.3 Å². The van der Waals surface area contributed by atoms with Crippen molar-refractivity contribution in [3.05, 3.63) is 53.7 Å². The molecule has 0 unspecified atom stereocenters. The summed E-state index contributed by atoms with van der Waals surface area (Å²) in [5.74, 6) is -0.832. The molecular formula is C15H13N4NaO3. The fourth-order valence-electron chi connectivity index (χ4n) is 2.62. The van der Waals surface area contributed by atoms with Crippen LogP contribution in [0.4, 0.5) is 0 Å². The molecule has 0 aliphatic carbocycles. The Morgan fingerprint density at radius 3 is 2.87 bits per heavy atom. The van der Waals surface area contributed by atoms with Crippen molar-refractivity contribution in [3.63, 3.8) is 0 Å². The van der Waals surface area contributed by atoms with Crippen LogP contribution in [0.25, 0.3) is 5.65 Å². The molecule has 8 heteroatoms. The second-order valence-corrected chi connectivity index (χ2v) is 5.38. The second kappa shape index (κ2) is 6.45. The van der Waals surface area contributed by atoms with Crippen molar-refractivity contribution in [1.82, 2.24) is 19.2 Å². The van der Waals surface area contributed by atoms with Crippen LogP contribution in [0.3, 0.4) is 0 Å². The number of hydrogen-bond acceptors (Lipinski definition) is 5. The summed E-state index contributed by atoms with van der Waals surface area (Å²) in [5.41, 5.74) is 2.98. The average molecular weight is 320 g/mol. The van der Waals surface area contributed by atoms with Crippen LogP contribution in [0.1, 0.15) is 27.5 Å². The number of fused-ring (bicyclic) bond motifs is 1. The summed E-state index contributed by atoms with van der Waals surface area (Å²) in [6, 6.07) is 4.07. The molecule has 0 N–H and O–H groups in total. The Labute approximate surface area is 154 Å². The molecule has 1 saturated heterocycles. The van der Waals surface area contributed by atoms with Crippen LogP contribution in [0, 0.1) is 0 Å². The molecule has 0 bridgehead atoms. The van der Waals surface area contributed by atoms with Gasteiger partial charge in [0.2, 0.25) is 0 Å². The summed E-state index contributed by atoms with van der Waals surface area (Å²) in [6.07, 6.45) is 6.60. The van der Waals surface area contributed by atoms with Crippen LogP contribution in [0.2, 0.25) is 0 Å². The van der Waals surface area contributed by atoms with E-state index in [1.54, 1.807) is 4.68 Å². The zero-order valence-electron chi connectivity index (χ0n) is 12.7. The van der Waals surface area contributed by atoms with Crippen LogP contribution < -0.4 is 34.7 Å². The van der Waals surface area contributed by atoms with Gasteiger partial charge in [-0.3, -0.25) is 4.68 Å². The first-order valence-corrected chi connectivity index (χ1v) is 6.99. The standard InChI is InChI=1S/C15H14N4O3.Na/c20-15(21)10-4-16-19(5-10)7-12-6-18-3-1-2-13(14(18)17-12)11-8-22-9-11;/h1-6,11H,7-9H2,(H,20,21);/q;+1/p-1. The summed E-state index contributed by atoms with van der Waals surface area (Å²) in [6.45, 7) is 1.88. The van der Waals surface area contributed by atoms with E-state index >= 15 is 0 Å². The zero-order chi connectivity index (χ0) is 15.1. The third-order valence-corrected chi connectivity index (χ3v) is 3.83. The molecule has 1 aliphatic heterocycles. The quantitative estimate of drug-likeness (QED) is 0.480. The van der Waals surface area contributed by atoms with Crippen molar-refractivity contribution >= 4 is 11.6 Å². The number of carbonyl (C=O) groups excluding carboxylic acids is 1. The van der Waals surface area contributed by atoms with Gasteiger partial charge in [0.1, 0.15) is 5.65 Å². The molecule has 4 heterocycles. The third kappa shape index (κ3) is 3.05. The van der Waals surface area contributed by atoms with Crippen molar-refractivity contribution in [1.29, 1.82) is 0 Å². The molecule has 4 rings (SSSR count). The van der Waals surface area contributed by atoms with E-state index in [-0.39, 0.29) is 35.1 Å². The number of aromatic carboxylic acids is 1. The molecule has 0 aromatic carbocycles. The predicted molar refractivity (Wildman–Crippen MR) is 74.4 cm³/mol. The molecule has 23 heavy (non-hydrogen) atoms. The number of carboxylic acids is 1. The van der Waals surface area contributed by atoms with Gasteiger partial charge in [-0.1, -0.05) is 6.07 Å². The molecule has 0 saturated carbocycles. The first-order chi connectivity index (χ1) is 10.7. The average Bonchev–Trinajstić information content (AvgIpc) is 3.04. The molecular weight excluding hydrogens is 307 g/mol. The SMILES string of the molecule is O=C([O-])c1cnn(Cc2cn3cccc(C4COC4)c3n2)c1.[Na+]. The molecule has 0 radical (unpaired) electrons. The first kappa shape index (κ1) is 16.2. The first-order valence-electron chi connectivity index (χ1n) is 6.99. The van der Waals surface area contributed by atoms with Gasteiger partial charge < -0.3 is 19.0 Å². The van der Waals surface area contributed by atoms with Crippen LogP contribution >= 0.6 is 0 Å². The van der Waals surface area contributed by atoms with Gasteiger partial charge in [0.15, 0.2) is 0 Å². The number of ether oxygens (including phenoxy) is 1. The summed E-state index contributed by atoms with van der Waals surface area (Å²) in [7, 11) is 0. The van der Waals surface area contributed by atoms with E-state index in [1.165, 1.54) is 18.0 Å². The molecule has 112 valence electrons. The van der Waals surface area contributed by atoms with Crippen LogP contribution in [0.5, 0.6) is 0 Å². The number of nitrogens with zero attached hydrogens (tertiary/aromatic N) is 4. The summed E-state index contributed by atoms with van der Waals surface area (Å²) >= 11 is 0. The molecule has 1 aliphatic rings. The molecule has 0 atom stereocenters. The molecule has 1 fully saturated rings. The number of carbonyl (C=O) groups is 1. The fraction of sp³-hybridized carbons (Fsp3) is 0.267. The number of rotatable bonds is 4. The van der Waals surface area contributed by atoms with E-state index in [2.05, 4.69) is 16.1 Å². The van der Waals surface area contributed by atoms with Crippen molar-refractivity contribution in [2.45, 2.75) is 12.5 Å². The zero-order valence-corrected chi connectivity index (χ0v) is 14.7. The minimum Gasteiger partial charge on any atom is -0.545 e. The Hall–Kier alpha value is -1.67. The maximum atomic E-state index is 10.8. The third-order valence-electron chi connectivity index (χ3n) is 3.83. The monoisotopic (exact) mass is 320 g/mol. The van der Waals surface area contributed by atoms with E-state index in [0.717, 1.165) is 24.6 Å². The molecule has 7 nitrogen and oxygen atoms in total. The minimum absolute atomic E-state index is 0. The normalized spacial score (nSPS) is 14.4. The Morgan fingerprint density at radius 2 is 2.22 bits per heavy atom. The molecule has 3 aromatic heterocycles. The van der Waals surface area contributed by atoms with E-state index in [4.69, 9.17) is 4.74 Å². The smallest absolute Gasteiger partial charge is 0.545 e. The van der Waals surface area contributed by atoms with E-state index in [1.807, 2.05) is 22.9 Å². The van der Waals surface area contributed by atoms with Crippen LogP contribution in [0.15, 0.2) is 36.9 Å².